The maximum absolute atomic E-state index is 11.0. The zero-order chi connectivity index (χ0) is 9.56. The molecule has 4 heteroatoms. The highest BCUT2D eigenvalue weighted by molar-refractivity contribution is 5.95. The number of rotatable bonds is 4. The normalized spacial score (nSPS) is 11.0. The molecule has 0 aliphatic rings. The summed E-state index contributed by atoms with van der Waals surface area (Å²) in [4.78, 5) is 21.1. The number of hydrogen-bond donors (Lipinski definition) is 1. The maximum atomic E-state index is 11.0. The first kappa shape index (κ1) is 10.7. The number of esters is 1. The van der Waals surface area contributed by atoms with E-state index in [0.717, 1.165) is 6.08 Å². The topological polar surface area (TPSA) is 63.6 Å². The summed E-state index contributed by atoms with van der Waals surface area (Å²) in [6.45, 7) is 3.63. The molecule has 0 heterocycles. The van der Waals surface area contributed by atoms with E-state index in [1.165, 1.54) is 0 Å². The summed E-state index contributed by atoms with van der Waals surface area (Å²) >= 11 is 0. The molecular weight excluding hydrogens is 160 g/mol. The molecule has 0 amide bonds. The molecule has 0 saturated heterocycles. The van der Waals surface area contributed by atoms with E-state index in [2.05, 4.69) is 4.74 Å². The average Bonchev–Trinajstić information content (AvgIpc) is 2.00. The van der Waals surface area contributed by atoms with E-state index < -0.39 is 11.9 Å². The van der Waals surface area contributed by atoms with Crippen LogP contribution in [-0.4, -0.2) is 23.7 Å². The Balaban J connectivity index is 4.34. The van der Waals surface area contributed by atoms with Crippen LogP contribution in [0.4, 0.5) is 0 Å². The average molecular weight is 172 g/mol. The van der Waals surface area contributed by atoms with Gasteiger partial charge in [-0.2, -0.15) is 0 Å². The van der Waals surface area contributed by atoms with E-state index in [4.69, 9.17) is 5.11 Å². The second-order valence-electron chi connectivity index (χ2n) is 2.08. The van der Waals surface area contributed by atoms with Gasteiger partial charge in [-0.05, 0) is 13.3 Å². The summed E-state index contributed by atoms with van der Waals surface area (Å²) in [6, 6.07) is 0. The van der Waals surface area contributed by atoms with Crippen molar-refractivity contribution in [2.24, 2.45) is 0 Å². The number of carboxylic acids is 1. The third kappa shape index (κ3) is 3.75. The predicted molar refractivity (Wildman–Crippen MR) is 42.6 cm³/mol. The second kappa shape index (κ2) is 5.35. The summed E-state index contributed by atoms with van der Waals surface area (Å²) in [7, 11) is 0. The third-order valence-electron chi connectivity index (χ3n) is 1.22. The lowest BCUT2D eigenvalue weighted by Crippen LogP contribution is -2.08. The number of carboxylic acid groups (broad SMARTS) is 1. The fourth-order valence-corrected chi connectivity index (χ4v) is 0.678. The van der Waals surface area contributed by atoms with E-state index >= 15 is 0 Å². The van der Waals surface area contributed by atoms with Crippen molar-refractivity contribution in [1.82, 2.24) is 0 Å². The molecule has 0 spiro atoms. The van der Waals surface area contributed by atoms with Crippen LogP contribution in [0.3, 0.4) is 0 Å². The molecular formula is C8H12O4. The molecule has 4 nitrogen and oxygen atoms in total. The molecule has 0 bridgehead atoms. The van der Waals surface area contributed by atoms with Gasteiger partial charge in [0, 0.05) is 11.6 Å². The number of carbonyl (C=O) groups is 2. The lowest BCUT2D eigenvalue weighted by atomic mass is 10.2. The Morgan fingerprint density at radius 2 is 2.00 bits per heavy atom. The zero-order valence-corrected chi connectivity index (χ0v) is 7.16. The largest absolute Gasteiger partial charge is 0.478 e. The van der Waals surface area contributed by atoms with Gasteiger partial charge in [0.25, 0.3) is 0 Å². The van der Waals surface area contributed by atoms with Crippen molar-refractivity contribution >= 4 is 11.9 Å². The van der Waals surface area contributed by atoms with Crippen LogP contribution in [0.1, 0.15) is 20.3 Å². The van der Waals surface area contributed by atoms with Crippen molar-refractivity contribution in [3.63, 3.8) is 0 Å². The molecule has 0 aliphatic carbocycles. The Morgan fingerprint density at radius 1 is 1.42 bits per heavy atom. The van der Waals surface area contributed by atoms with Crippen LogP contribution >= 0.6 is 0 Å². The van der Waals surface area contributed by atoms with Gasteiger partial charge in [0.15, 0.2) is 0 Å². The fourth-order valence-electron chi connectivity index (χ4n) is 0.678. The molecule has 0 rings (SSSR count). The lowest BCUT2D eigenvalue weighted by Gasteiger charge is -2.01. The summed E-state index contributed by atoms with van der Waals surface area (Å²) in [5.74, 6) is -1.68. The van der Waals surface area contributed by atoms with Crippen LogP contribution < -0.4 is 0 Å². The Morgan fingerprint density at radius 3 is 2.33 bits per heavy atom. The van der Waals surface area contributed by atoms with E-state index in [9.17, 15) is 9.59 Å². The highest BCUT2D eigenvalue weighted by atomic mass is 16.5. The van der Waals surface area contributed by atoms with Gasteiger partial charge in [0.1, 0.15) is 0 Å². The molecule has 0 aliphatic heterocycles. The molecule has 0 unspecified atom stereocenters. The number of ether oxygens (including phenoxy) is 1. The minimum atomic E-state index is -1.13. The van der Waals surface area contributed by atoms with Gasteiger partial charge in [-0.25, -0.2) is 9.59 Å². The van der Waals surface area contributed by atoms with Crippen molar-refractivity contribution in [3.8, 4) is 0 Å². The van der Waals surface area contributed by atoms with Crippen LogP contribution in [0.25, 0.3) is 0 Å². The molecule has 0 saturated carbocycles. The van der Waals surface area contributed by atoms with Gasteiger partial charge < -0.3 is 9.84 Å². The molecule has 0 aromatic rings. The minimum Gasteiger partial charge on any atom is -0.478 e. The third-order valence-corrected chi connectivity index (χ3v) is 1.22. The van der Waals surface area contributed by atoms with E-state index in [1.807, 2.05) is 0 Å². The zero-order valence-electron chi connectivity index (χ0n) is 7.16. The SMILES string of the molecule is CCOC(=O)/C(=C\C(=O)O)CC. The van der Waals surface area contributed by atoms with Gasteiger partial charge >= 0.3 is 11.9 Å². The molecule has 0 aromatic carbocycles. The van der Waals surface area contributed by atoms with Crippen molar-refractivity contribution in [1.29, 1.82) is 0 Å². The van der Waals surface area contributed by atoms with Crippen LogP contribution in [0.5, 0.6) is 0 Å². The summed E-state index contributed by atoms with van der Waals surface area (Å²) in [5, 5.41) is 8.35. The number of carbonyl (C=O) groups excluding carboxylic acids is 1. The summed E-state index contributed by atoms with van der Waals surface area (Å²) < 4.78 is 4.63. The Kier molecular flexibility index (Phi) is 4.76. The lowest BCUT2D eigenvalue weighted by molar-refractivity contribution is -0.139. The molecule has 12 heavy (non-hydrogen) atoms. The van der Waals surface area contributed by atoms with Crippen LogP contribution in [-0.2, 0) is 14.3 Å². The maximum Gasteiger partial charge on any atom is 0.334 e. The summed E-state index contributed by atoms with van der Waals surface area (Å²) in [5.41, 5.74) is 0.185. The Labute approximate surface area is 70.8 Å². The van der Waals surface area contributed by atoms with E-state index in [-0.39, 0.29) is 12.2 Å². The van der Waals surface area contributed by atoms with Gasteiger partial charge in [-0.3, -0.25) is 0 Å². The monoisotopic (exact) mass is 172 g/mol. The quantitative estimate of drug-likeness (QED) is 0.507. The highest BCUT2D eigenvalue weighted by Gasteiger charge is 2.09. The number of hydrogen-bond acceptors (Lipinski definition) is 3. The standard InChI is InChI=1S/C8H12O4/c1-3-6(5-7(9)10)8(11)12-4-2/h5H,3-4H2,1-2H3,(H,9,10)/b6-5-. The second-order valence-corrected chi connectivity index (χ2v) is 2.08. The van der Waals surface area contributed by atoms with Crippen LogP contribution in [0.2, 0.25) is 0 Å². The van der Waals surface area contributed by atoms with Gasteiger partial charge in [0.05, 0.1) is 6.61 Å². The molecule has 0 atom stereocenters. The Hall–Kier alpha value is -1.32. The first-order valence-corrected chi connectivity index (χ1v) is 3.72. The smallest absolute Gasteiger partial charge is 0.334 e. The van der Waals surface area contributed by atoms with E-state index in [1.54, 1.807) is 13.8 Å². The van der Waals surface area contributed by atoms with E-state index in [0.29, 0.717) is 6.42 Å². The molecule has 1 N–H and O–H groups in total. The summed E-state index contributed by atoms with van der Waals surface area (Å²) in [6.07, 6.45) is 1.24. The fraction of sp³-hybridized carbons (Fsp3) is 0.500. The van der Waals surface area contributed by atoms with Crippen molar-refractivity contribution in [3.05, 3.63) is 11.6 Å². The highest BCUT2D eigenvalue weighted by Crippen LogP contribution is 2.02. The molecule has 68 valence electrons. The first-order chi connectivity index (χ1) is 5.61. The molecule has 0 fully saturated rings. The van der Waals surface area contributed by atoms with Crippen LogP contribution in [0, 0.1) is 0 Å². The predicted octanol–water partition coefficient (Wildman–Crippen LogP) is 0.970. The molecule has 0 radical (unpaired) electrons. The Bertz CT molecular complexity index is 205. The number of aliphatic carboxylic acids is 1. The van der Waals surface area contributed by atoms with Crippen molar-refractivity contribution in [2.45, 2.75) is 20.3 Å². The first-order valence-electron chi connectivity index (χ1n) is 3.72. The van der Waals surface area contributed by atoms with Crippen LogP contribution in [0.15, 0.2) is 11.6 Å². The molecule has 0 aromatic heterocycles. The van der Waals surface area contributed by atoms with Gasteiger partial charge in [-0.1, -0.05) is 6.92 Å². The van der Waals surface area contributed by atoms with Crippen molar-refractivity contribution in [2.75, 3.05) is 6.61 Å². The van der Waals surface area contributed by atoms with Gasteiger partial charge in [-0.15, -0.1) is 0 Å². The van der Waals surface area contributed by atoms with Crippen molar-refractivity contribution < 1.29 is 19.4 Å². The minimum absolute atomic E-state index is 0.185. The van der Waals surface area contributed by atoms with Gasteiger partial charge in [0.2, 0.25) is 0 Å².